The Labute approximate surface area is 96.4 Å². The van der Waals surface area contributed by atoms with Crippen molar-refractivity contribution in [2.75, 3.05) is 0 Å². The average Bonchev–Trinajstić information content (AvgIpc) is 2.90. The SMILES string of the molecule is NC1(CCc2cc(O)c(F)c(Br)c2)CC1. The maximum atomic E-state index is 13.1. The summed E-state index contributed by atoms with van der Waals surface area (Å²) in [6.07, 6.45) is 3.82. The summed E-state index contributed by atoms with van der Waals surface area (Å²) >= 11 is 3.07. The Balaban J connectivity index is 2.08. The molecule has 0 saturated heterocycles. The quantitative estimate of drug-likeness (QED) is 0.890. The summed E-state index contributed by atoms with van der Waals surface area (Å²) < 4.78 is 13.4. The minimum absolute atomic E-state index is 0.00349. The van der Waals surface area contributed by atoms with Gasteiger partial charge in [0.25, 0.3) is 0 Å². The standard InChI is InChI=1S/C11H13BrFNO/c12-8-5-7(6-9(15)10(8)13)1-2-11(14)3-4-11/h5-6,15H,1-4,14H2. The largest absolute Gasteiger partial charge is 0.505 e. The zero-order valence-corrected chi connectivity index (χ0v) is 9.85. The van der Waals surface area contributed by atoms with Crippen LogP contribution in [0.1, 0.15) is 24.8 Å². The van der Waals surface area contributed by atoms with Crippen LogP contribution in [0.5, 0.6) is 5.75 Å². The third-order valence-corrected chi connectivity index (χ3v) is 3.45. The summed E-state index contributed by atoms with van der Waals surface area (Å²) in [6.45, 7) is 0. The first-order valence-electron chi connectivity index (χ1n) is 4.96. The molecule has 0 aromatic heterocycles. The number of phenolic OH excluding ortho intramolecular Hbond substituents is 1. The molecule has 0 unspecified atom stereocenters. The van der Waals surface area contributed by atoms with Crippen LogP contribution in [-0.4, -0.2) is 10.6 Å². The van der Waals surface area contributed by atoms with E-state index in [1.165, 1.54) is 6.07 Å². The third-order valence-electron chi connectivity index (χ3n) is 2.87. The van der Waals surface area contributed by atoms with E-state index in [1.54, 1.807) is 6.07 Å². The van der Waals surface area contributed by atoms with Crippen molar-refractivity contribution in [3.8, 4) is 5.75 Å². The molecule has 1 saturated carbocycles. The lowest BCUT2D eigenvalue weighted by atomic mass is 10.0. The third kappa shape index (κ3) is 2.49. The minimum Gasteiger partial charge on any atom is -0.505 e. The summed E-state index contributed by atoms with van der Waals surface area (Å²) in [6, 6.07) is 3.16. The Bertz CT molecular complexity index is 367. The Morgan fingerprint density at radius 3 is 2.67 bits per heavy atom. The van der Waals surface area contributed by atoms with Crippen LogP contribution in [0.4, 0.5) is 4.39 Å². The van der Waals surface area contributed by atoms with Gasteiger partial charge in [-0.25, -0.2) is 4.39 Å². The first kappa shape index (κ1) is 10.9. The van der Waals surface area contributed by atoms with Gasteiger partial charge >= 0.3 is 0 Å². The number of phenols is 1. The maximum Gasteiger partial charge on any atom is 0.178 e. The summed E-state index contributed by atoms with van der Waals surface area (Å²) in [5.74, 6) is -0.908. The van der Waals surface area contributed by atoms with Crippen LogP contribution in [0.3, 0.4) is 0 Å². The molecule has 0 spiro atoms. The first-order chi connectivity index (χ1) is 7.00. The van der Waals surface area contributed by atoms with Gasteiger partial charge in [0.05, 0.1) is 4.47 Å². The highest BCUT2D eigenvalue weighted by atomic mass is 79.9. The molecular weight excluding hydrogens is 261 g/mol. The molecular formula is C11H13BrFNO. The van der Waals surface area contributed by atoms with Crippen LogP contribution in [0.15, 0.2) is 16.6 Å². The fourth-order valence-electron chi connectivity index (χ4n) is 1.58. The molecule has 2 rings (SSSR count). The summed E-state index contributed by atoms with van der Waals surface area (Å²) in [4.78, 5) is 0. The molecule has 0 amide bonds. The van der Waals surface area contributed by atoms with Gasteiger partial charge in [-0.05, 0) is 59.3 Å². The predicted molar refractivity (Wildman–Crippen MR) is 60.2 cm³/mol. The topological polar surface area (TPSA) is 46.2 Å². The van der Waals surface area contributed by atoms with E-state index in [0.717, 1.165) is 31.2 Å². The molecule has 2 nitrogen and oxygen atoms in total. The second-order valence-corrected chi connectivity index (χ2v) is 5.13. The number of aryl methyl sites for hydroxylation is 1. The molecule has 1 fully saturated rings. The first-order valence-corrected chi connectivity index (χ1v) is 5.75. The summed E-state index contributed by atoms with van der Waals surface area (Å²) in [5, 5.41) is 9.29. The van der Waals surface area contributed by atoms with E-state index in [-0.39, 0.29) is 11.3 Å². The molecule has 1 aliphatic rings. The average molecular weight is 274 g/mol. The van der Waals surface area contributed by atoms with Gasteiger partial charge in [-0.2, -0.15) is 0 Å². The highest BCUT2D eigenvalue weighted by Crippen LogP contribution is 2.37. The molecule has 0 aliphatic heterocycles. The molecule has 0 bridgehead atoms. The zero-order chi connectivity index (χ0) is 11.1. The van der Waals surface area contributed by atoms with Crippen LogP contribution in [-0.2, 0) is 6.42 Å². The number of halogens is 2. The highest BCUT2D eigenvalue weighted by molar-refractivity contribution is 9.10. The molecule has 0 heterocycles. The van der Waals surface area contributed by atoms with Crippen LogP contribution in [0, 0.1) is 5.82 Å². The molecule has 1 aromatic carbocycles. The lowest BCUT2D eigenvalue weighted by molar-refractivity contribution is 0.429. The molecule has 1 aromatic rings. The molecule has 3 N–H and O–H groups in total. The molecule has 15 heavy (non-hydrogen) atoms. The van der Waals surface area contributed by atoms with Crippen LogP contribution in [0.2, 0.25) is 0 Å². The molecule has 0 radical (unpaired) electrons. The predicted octanol–water partition coefficient (Wildman–Crippen LogP) is 2.72. The maximum absolute atomic E-state index is 13.1. The number of aromatic hydroxyl groups is 1. The zero-order valence-electron chi connectivity index (χ0n) is 8.26. The van der Waals surface area contributed by atoms with E-state index >= 15 is 0 Å². The lowest BCUT2D eigenvalue weighted by Crippen LogP contribution is -2.22. The second-order valence-electron chi connectivity index (χ2n) is 4.27. The highest BCUT2D eigenvalue weighted by Gasteiger charge is 2.37. The number of hydrogen-bond donors (Lipinski definition) is 2. The van der Waals surface area contributed by atoms with E-state index < -0.39 is 5.82 Å². The van der Waals surface area contributed by atoms with E-state index in [1.807, 2.05) is 0 Å². The lowest BCUT2D eigenvalue weighted by Gasteiger charge is -2.09. The Morgan fingerprint density at radius 1 is 1.47 bits per heavy atom. The van der Waals surface area contributed by atoms with Crippen LogP contribution < -0.4 is 5.73 Å². The van der Waals surface area contributed by atoms with Crippen molar-refractivity contribution < 1.29 is 9.50 Å². The van der Waals surface area contributed by atoms with Gasteiger partial charge in [0.1, 0.15) is 0 Å². The van der Waals surface area contributed by atoms with Gasteiger partial charge < -0.3 is 10.8 Å². The Hall–Kier alpha value is -0.610. The van der Waals surface area contributed by atoms with Gasteiger partial charge in [-0.3, -0.25) is 0 Å². The molecule has 1 aliphatic carbocycles. The summed E-state index contributed by atoms with van der Waals surface area (Å²) in [5.41, 5.74) is 6.86. The van der Waals surface area contributed by atoms with E-state index in [4.69, 9.17) is 5.73 Å². The van der Waals surface area contributed by atoms with Crippen molar-refractivity contribution in [2.24, 2.45) is 5.73 Å². The summed E-state index contributed by atoms with van der Waals surface area (Å²) in [7, 11) is 0. The van der Waals surface area contributed by atoms with Crippen LogP contribution >= 0.6 is 15.9 Å². The second kappa shape index (κ2) is 3.76. The van der Waals surface area contributed by atoms with Crippen molar-refractivity contribution in [3.63, 3.8) is 0 Å². The number of hydrogen-bond acceptors (Lipinski definition) is 2. The van der Waals surface area contributed by atoms with Crippen molar-refractivity contribution in [1.29, 1.82) is 0 Å². The number of rotatable bonds is 3. The van der Waals surface area contributed by atoms with Crippen molar-refractivity contribution in [3.05, 3.63) is 28.0 Å². The normalized spacial score (nSPS) is 17.8. The van der Waals surface area contributed by atoms with Gasteiger partial charge in [-0.15, -0.1) is 0 Å². The Morgan fingerprint density at radius 2 is 2.13 bits per heavy atom. The van der Waals surface area contributed by atoms with Gasteiger partial charge in [0, 0.05) is 5.54 Å². The van der Waals surface area contributed by atoms with Gasteiger partial charge in [-0.1, -0.05) is 0 Å². The van der Waals surface area contributed by atoms with Gasteiger partial charge in [0.2, 0.25) is 0 Å². The fraction of sp³-hybridized carbons (Fsp3) is 0.455. The fourth-order valence-corrected chi connectivity index (χ4v) is 2.07. The van der Waals surface area contributed by atoms with E-state index in [9.17, 15) is 9.50 Å². The number of benzene rings is 1. The molecule has 0 atom stereocenters. The van der Waals surface area contributed by atoms with E-state index in [0.29, 0.717) is 4.47 Å². The van der Waals surface area contributed by atoms with E-state index in [2.05, 4.69) is 15.9 Å². The Kier molecular flexibility index (Phi) is 2.73. The molecule has 4 heteroatoms. The van der Waals surface area contributed by atoms with Crippen molar-refractivity contribution in [1.82, 2.24) is 0 Å². The monoisotopic (exact) mass is 273 g/mol. The smallest absolute Gasteiger partial charge is 0.178 e. The minimum atomic E-state index is -0.604. The van der Waals surface area contributed by atoms with Gasteiger partial charge in [0.15, 0.2) is 11.6 Å². The van der Waals surface area contributed by atoms with Crippen molar-refractivity contribution >= 4 is 15.9 Å². The molecule has 82 valence electrons. The van der Waals surface area contributed by atoms with Crippen molar-refractivity contribution in [2.45, 2.75) is 31.2 Å². The number of nitrogens with two attached hydrogens (primary N) is 1. The van der Waals surface area contributed by atoms with Crippen LogP contribution in [0.25, 0.3) is 0 Å².